The topological polar surface area (TPSA) is 9.86 Å². The standard InChI is InChI=1S/C79H79BN2/c1-73(2,3)47-33-45(34-48(38-47)74(4,5)6)65-66-53-26-20-19-25-44(53)37-62-72(66)81(68(65)46-35-49(75(7,8)9)39-50(36-46)76(10,11)12)64-32-31-60-71-67(64)80(62)63-43-52(78(16,17)18)41-57-56-40-51(77(13,14)15)42-61(69(56)82(71)70(57)63)79(60)58-29-23-21-27-54(58)55-28-22-24-30-59(55)79/h19-43H,1-18H3. The molecule has 0 radical (unpaired) electrons. The zero-order valence-electron chi connectivity index (χ0n) is 51.9. The average molecular weight is 1070 g/mol. The Balaban J connectivity index is 1.22. The van der Waals surface area contributed by atoms with Gasteiger partial charge in [0.25, 0.3) is 6.71 Å². The summed E-state index contributed by atoms with van der Waals surface area (Å²) in [7, 11) is 0. The molecule has 3 aliphatic heterocycles. The van der Waals surface area contributed by atoms with Gasteiger partial charge in [-0.3, -0.25) is 0 Å². The first-order valence-electron chi connectivity index (χ1n) is 30.5. The van der Waals surface area contributed by atoms with Crippen LogP contribution in [0.15, 0.2) is 152 Å². The van der Waals surface area contributed by atoms with Gasteiger partial charge in [0, 0.05) is 38.6 Å². The van der Waals surface area contributed by atoms with E-state index in [1.807, 2.05) is 0 Å². The molecule has 82 heavy (non-hydrogen) atoms. The van der Waals surface area contributed by atoms with E-state index in [-0.39, 0.29) is 39.2 Å². The molecule has 1 aliphatic carbocycles. The number of hydrogen-bond donors (Lipinski definition) is 0. The summed E-state index contributed by atoms with van der Waals surface area (Å²) in [6.07, 6.45) is 0. The van der Waals surface area contributed by atoms with E-state index >= 15 is 0 Å². The lowest BCUT2D eigenvalue weighted by Gasteiger charge is -2.44. The number of nitrogens with zero attached hydrogens (tertiary/aromatic N) is 2. The van der Waals surface area contributed by atoms with Crippen LogP contribution in [0.2, 0.25) is 0 Å². The molecule has 0 bridgehead atoms. The molecule has 15 rings (SSSR count). The van der Waals surface area contributed by atoms with E-state index in [9.17, 15) is 0 Å². The summed E-state index contributed by atoms with van der Waals surface area (Å²) >= 11 is 0. The molecule has 4 aliphatic rings. The van der Waals surface area contributed by atoms with Crippen molar-refractivity contribution >= 4 is 66.6 Å². The lowest BCUT2D eigenvalue weighted by Crippen LogP contribution is -2.60. The second-order valence-corrected chi connectivity index (χ2v) is 31.5. The number of aromatic nitrogens is 2. The van der Waals surface area contributed by atoms with Crippen LogP contribution in [0, 0.1) is 0 Å². The summed E-state index contributed by atoms with van der Waals surface area (Å²) in [5.41, 5.74) is 31.3. The second kappa shape index (κ2) is 16.0. The summed E-state index contributed by atoms with van der Waals surface area (Å²) in [5.74, 6) is 0. The quantitative estimate of drug-likeness (QED) is 0.153. The number of fused-ring (bicyclic) bond motifs is 13. The van der Waals surface area contributed by atoms with Crippen LogP contribution < -0.4 is 16.4 Å². The van der Waals surface area contributed by atoms with Gasteiger partial charge in [-0.1, -0.05) is 246 Å². The summed E-state index contributed by atoms with van der Waals surface area (Å²) in [6, 6.07) is 61.8. The summed E-state index contributed by atoms with van der Waals surface area (Å²) in [4.78, 5) is 0. The Labute approximate surface area is 487 Å². The van der Waals surface area contributed by atoms with Crippen molar-refractivity contribution in [2.24, 2.45) is 0 Å². The van der Waals surface area contributed by atoms with E-state index in [1.54, 1.807) is 0 Å². The van der Waals surface area contributed by atoms with Crippen molar-refractivity contribution in [3.8, 4) is 44.9 Å². The van der Waals surface area contributed by atoms with Crippen LogP contribution in [-0.4, -0.2) is 15.8 Å². The van der Waals surface area contributed by atoms with Crippen LogP contribution in [0.4, 0.5) is 0 Å². The van der Waals surface area contributed by atoms with Crippen molar-refractivity contribution in [3.63, 3.8) is 0 Å². The van der Waals surface area contributed by atoms with E-state index < -0.39 is 5.41 Å². The largest absolute Gasteiger partial charge is 0.310 e. The minimum absolute atomic E-state index is 0.0635. The average Bonchev–Trinajstić information content (AvgIpc) is 3.51. The van der Waals surface area contributed by atoms with Crippen molar-refractivity contribution in [1.82, 2.24) is 9.13 Å². The Morgan fingerprint density at radius 3 is 1.37 bits per heavy atom. The molecule has 0 fully saturated rings. The minimum Gasteiger partial charge on any atom is -0.310 e. The zero-order valence-corrected chi connectivity index (χ0v) is 51.9. The van der Waals surface area contributed by atoms with Crippen molar-refractivity contribution in [1.29, 1.82) is 0 Å². The first-order valence-corrected chi connectivity index (χ1v) is 30.5. The van der Waals surface area contributed by atoms with Crippen LogP contribution in [0.1, 0.15) is 180 Å². The molecular formula is C79H79BN2. The van der Waals surface area contributed by atoms with Crippen LogP contribution in [-0.2, 0) is 37.9 Å². The summed E-state index contributed by atoms with van der Waals surface area (Å²) in [5, 5.41) is 6.66. The molecule has 0 saturated heterocycles. The van der Waals surface area contributed by atoms with Gasteiger partial charge in [-0.25, -0.2) is 0 Å². The Morgan fingerprint density at radius 1 is 0.354 bits per heavy atom. The van der Waals surface area contributed by atoms with Gasteiger partial charge in [-0.15, -0.1) is 0 Å². The van der Waals surface area contributed by atoms with Crippen LogP contribution in [0.25, 0.3) is 88.4 Å². The third-order valence-corrected chi connectivity index (χ3v) is 19.9. The van der Waals surface area contributed by atoms with E-state index in [0.717, 1.165) is 0 Å². The highest BCUT2D eigenvalue weighted by Gasteiger charge is 2.55. The molecule has 9 aromatic carbocycles. The molecule has 5 heterocycles. The molecule has 408 valence electrons. The first kappa shape index (κ1) is 51.5. The number of rotatable bonds is 2. The Hall–Kier alpha value is -7.36. The number of hydrogen-bond acceptors (Lipinski definition) is 0. The van der Waals surface area contributed by atoms with Crippen molar-refractivity contribution in [2.45, 2.75) is 163 Å². The molecule has 0 atom stereocenters. The van der Waals surface area contributed by atoms with Gasteiger partial charge in [0.2, 0.25) is 0 Å². The lowest BCUT2D eigenvalue weighted by atomic mass is 9.33. The third-order valence-electron chi connectivity index (χ3n) is 19.9. The molecule has 0 unspecified atom stereocenters. The molecule has 2 nitrogen and oxygen atoms in total. The van der Waals surface area contributed by atoms with Crippen molar-refractivity contribution < 1.29 is 0 Å². The molecule has 0 saturated carbocycles. The Bertz CT molecular complexity index is 4560. The van der Waals surface area contributed by atoms with E-state index in [2.05, 4.69) is 285 Å². The van der Waals surface area contributed by atoms with Gasteiger partial charge in [0.1, 0.15) is 0 Å². The highest BCUT2D eigenvalue weighted by atomic mass is 15.1. The fourth-order valence-electron chi connectivity index (χ4n) is 15.4. The molecule has 11 aromatic rings. The van der Waals surface area contributed by atoms with Gasteiger partial charge >= 0.3 is 0 Å². The van der Waals surface area contributed by atoms with Crippen LogP contribution in [0.3, 0.4) is 0 Å². The monoisotopic (exact) mass is 1070 g/mol. The maximum atomic E-state index is 2.81. The molecule has 0 N–H and O–H groups in total. The smallest absolute Gasteiger partial charge is 0.252 e. The van der Waals surface area contributed by atoms with Crippen LogP contribution >= 0.6 is 0 Å². The van der Waals surface area contributed by atoms with Gasteiger partial charge in [-0.05, 0) is 168 Å². The first-order chi connectivity index (χ1) is 38.5. The summed E-state index contributed by atoms with van der Waals surface area (Å²) < 4.78 is 5.62. The summed E-state index contributed by atoms with van der Waals surface area (Å²) in [6.45, 7) is 43.1. The lowest BCUT2D eigenvalue weighted by molar-refractivity contribution is 0.568. The Kier molecular flexibility index (Phi) is 10.1. The normalized spacial score (nSPS) is 15.0. The third kappa shape index (κ3) is 6.77. The van der Waals surface area contributed by atoms with Gasteiger partial charge in [-0.2, -0.15) is 0 Å². The van der Waals surface area contributed by atoms with E-state index in [0.29, 0.717) is 0 Å². The van der Waals surface area contributed by atoms with Crippen molar-refractivity contribution in [2.75, 3.05) is 0 Å². The van der Waals surface area contributed by atoms with E-state index in [1.165, 1.54) is 160 Å². The highest BCUT2D eigenvalue weighted by Crippen LogP contribution is 2.63. The zero-order chi connectivity index (χ0) is 57.7. The molecule has 2 aromatic heterocycles. The highest BCUT2D eigenvalue weighted by molar-refractivity contribution is 7.00. The predicted molar refractivity (Wildman–Crippen MR) is 354 cm³/mol. The van der Waals surface area contributed by atoms with Crippen LogP contribution in [0.5, 0.6) is 0 Å². The van der Waals surface area contributed by atoms with E-state index in [4.69, 9.17) is 0 Å². The second-order valence-electron chi connectivity index (χ2n) is 31.5. The number of benzene rings is 9. The fraction of sp³-hybridized carbons (Fsp3) is 0.316. The molecule has 1 spiro atoms. The Morgan fingerprint density at radius 2 is 0.817 bits per heavy atom. The van der Waals surface area contributed by atoms with Crippen molar-refractivity contribution in [3.05, 3.63) is 207 Å². The maximum Gasteiger partial charge on any atom is 0.252 e. The molecule has 3 heteroatoms. The molecular weight excluding hydrogens is 988 g/mol. The van der Waals surface area contributed by atoms with Gasteiger partial charge < -0.3 is 9.13 Å². The maximum absolute atomic E-state index is 2.81. The van der Waals surface area contributed by atoms with Gasteiger partial charge in [0.15, 0.2) is 0 Å². The minimum atomic E-state index is -0.584. The fourth-order valence-corrected chi connectivity index (χ4v) is 15.4. The SMILES string of the molecule is CC(C)(C)c1cc(-c2c(-c3cc(C(C)(C)C)cc(C(C)(C)C)c3)n3c4c(cc5ccccc5c24)B2c4c-3ccc3c4-n4c5c2cc(C(C)(C)C)cc5c2cc(C(C)(C)C)cc(c24)C32c3ccccc3-c3ccccc32)cc(C(C)(C)C)c1. The predicted octanol–water partition coefficient (Wildman–Crippen LogP) is 18.8. The van der Waals surface area contributed by atoms with Gasteiger partial charge in [0.05, 0.1) is 22.1 Å². The molecule has 0 amide bonds.